The van der Waals surface area contributed by atoms with Gasteiger partial charge in [-0.1, -0.05) is 0 Å². The molecule has 0 spiro atoms. The Balaban J connectivity index is 2.72. The van der Waals surface area contributed by atoms with Crippen LogP contribution in [0.5, 0.6) is 0 Å². The van der Waals surface area contributed by atoms with Crippen LogP contribution >= 0.6 is 0 Å². The first-order chi connectivity index (χ1) is 3.77. The van der Waals surface area contributed by atoms with Crippen molar-refractivity contribution in [2.45, 2.75) is 31.2 Å². The van der Waals surface area contributed by atoms with Gasteiger partial charge in [0.1, 0.15) is 0 Å². The van der Waals surface area contributed by atoms with Gasteiger partial charge in [0, 0.05) is 0 Å². The predicted molar refractivity (Wildman–Crippen MR) is 32.3 cm³/mol. The molecule has 48 valence electrons. The van der Waals surface area contributed by atoms with E-state index < -0.39 is 17.2 Å². The zero-order valence-electron chi connectivity index (χ0n) is 5.16. The van der Waals surface area contributed by atoms with Crippen molar-refractivity contribution in [1.29, 1.82) is 0 Å². The molecule has 0 radical (unpaired) electrons. The van der Waals surface area contributed by atoms with Gasteiger partial charge in [0.25, 0.3) is 0 Å². The van der Waals surface area contributed by atoms with Crippen molar-refractivity contribution in [1.82, 2.24) is 0 Å². The topological polar surface area (TPSA) is 0 Å². The third-order valence-corrected chi connectivity index (χ3v) is 2.80. The van der Waals surface area contributed by atoms with E-state index in [2.05, 4.69) is 0 Å². The molecule has 3 heteroatoms. The summed E-state index contributed by atoms with van der Waals surface area (Å²) in [6.45, 7) is 2.03. The van der Waals surface area contributed by atoms with Gasteiger partial charge in [-0.2, -0.15) is 0 Å². The van der Waals surface area contributed by atoms with E-state index in [1.54, 1.807) is 0 Å². The molecule has 0 aliphatic heterocycles. The first-order valence-electron chi connectivity index (χ1n) is 3.05. The van der Waals surface area contributed by atoms with E-state index in [1.807, 2.05) is 6.92 Å². The summed E-state index contributed by atoms with van der Waals surface area (Å²) in [6, 6.07) is 0. The van der Waals surface area contributed by atoms with Crippen LogP contribution in [0.15, 0.2) is 0 Å². The number of hydrogen-bond donors (Lipinski definition) is 0. The van der Waals surface area contributed by atoms with Crippen molar-refractivity contribution >= 4 is 17.2 Å². The molecule has 0 N–H and O–H groups in total. The second kappa shape index (κ2) is 5.63. The fraction of sp³-hybridized carbons (Fsp3) is 1.00. The Bertz CT molecular complexity index is 47.7. The average Bonchev–Trinajstić information content (AvgIpc) is 1.66. The standard InChI is InChI=1S/C5H11.2FH.Ga/c1-3-5-4-2;;;/h1,3-5H2,2H3;2*1H;/q;;;+2/p-2. The Kier molecular flexibility index (Phi) is 5.98. The van der Waals surface area contributed by atoms with Gasteiger partial charge in [0.15, 0.2) is 0 Å². The molecule has 0 aromatic carbocycles. The third-order valence-electron chi connectivity index (χ3n) is 1.03. The first-order valence-corrected chi connectivity index (χ1v) is 6.60. The summed E-state index contributed by atoms with van der Waals surface area (Å²) in [5, 5.41) is 0. The number of hydrogen-bond acceptors (Lipinski definition) is 0. The summed E-state index contributed by atoms with van der Waals surface area (Å²) in [4.78, 5) is 0.265. The van der Waals surface area contributed by atoms with Crippen LogP contribution in [0.4, 0.5) is 6.57 Å². The van der Waals surface area contributed by atoms with Crippen LogP contribution in [-0.2, 0) is 0 Å². The zero-order chi connectivity index (χ0) is 6.41. The van der Waals surface area contributed by atoms with Gasteiger partial charge >= 0.3 is 55.0 Å². The molecule has 0 fully saturated rings. The van der Waals surface area contributed by atoms with Crippen molar-refractivity contribution in [3.8, 4) is 0 Å². The molecular formula is C5H11F2Ga. The molecule has 0 aliphatic rings. The van der Waals surface area contributed by atoms with E-state index in [-0.39, 0.29) is 4.98 Å². The number of halogens is 2. The molecule has 0 saturated carbocycles. The molecule has 0 aromatic rings. The Morgan fingerprint density at radius 3 is 2.25 bits per heavy atom. The average molecular weight is 179 g/mol. The summed E-state index contributed by atoms with van der Waals surface area (Å²) in [7, 11) is 0. The normalized spacial score (nSPS) is 9.38. The van der Waals surface area contributed by atoms with Crippen molar-refractivity contribution in [2.24, 2.45) is 0 Å². The second-order valence-electron chi connectivity index (χ2n) is 1.89. The zero-order valence-corrected chi connectivity index (χ0v) is 7.58. The van der Waals surface area contributed by atoms with Gasteiger partial charge in [0.05, 0.1) is 0 Å². The molecule has 0 rings (SSSR count). The van der Waals surface area contributed by atoms with Crippen LogP contribution in [0.25, 0.3) is 0 Å². The van der Waals surface area contributed by atoms with E-state index in [9.17, 15) is 6.57 Å². The maximum absolute atomic E-state index is 11.5. The molecule has 0 atom stereocenters. The molecule has 0 aromatic heterocycles. The van der Waals surface area contributed by atoms with E-state index in [4.69, 9.17) is 0 Å². The molecular weight excluding hydrogens is 168 g/mol. The fourth-order valence-corrected chi connectivity index (χ4v) is 1.80. The van der Waals surface area contributed by atoms with E-state index in [0.29, 0.717) is 0 Å². The third kappa shape index (κ3) is 6.50. The van der Waals surface area contributed by atoms with Gasteiger partial charge in [0.2, 0.25) is 0 Å². The van der Waals surface area contributed by atoms with Crippen LogP contribution in [0.1, 0.15) is 26.2 Å². The monoisotopic (exact) mass is 178 g/mol. The summed E-state index contributed by atoms with van der Waals surface area (Å²) >= 11 is -3.59. The van der Waals surface area contributed by atoms with Crippen molar-refractivity contribution in [2.75, 3.05) is 0 Å². The summed E-state index contributed by atoms with van der Waals surface area (Å²) in [5.74, 6) is 0. The second-order valence-corrected chi connectivity index (χ2v) is 4.74. The SMILES string of the molecule is CCCC[CH2][Ga]([F])[F]. The Labute approximate surface area is 55.5 Å². The number of unbranched alkanes of at least 4 members (excludes halogenated alkanes) is 2. The van der Waals surface area contributed by atoms with Gasteiger partial charge in [-0.3, -0.25) is 0 Å². The Morgan fingerprint density at radius 1 is 1.25 bits per heavy atom. The van der Waals surface area contributed by atoms with Crippen LogP contribution in [-0.4, -0.2) is 17.2 Å². The minimum absolute atomic E-state index is 0.265. The fourth-order valence-electron chi connectivity index (χ4n) is 0.549. The Hall–Kier alpha value is 0.496. The van der Waals surface area contributed by atoms with Crippen molar-refractivity contribution < 1.29 is 6.57 Å². The van der Waals surface area contributed by atoms with E-state index in [1.165, 1.54) is 0 Å². The van der Waals surface area contributed by atoms with E-state index in [0.717, 1.165) is 19.3 Å². The van der Waals surface area contributed by atoms with Gasteiger partial charge < -0.3 is 0 Å². The van der Waals surface area contributed by atoms with Crippen LogP contribution in [0, 0.1) is 0 Å². The summed E-state index contributed by atoms with van der Waals surface area (Å²) in [6.07, 6.45) is 2.79. The molecule has 0 amide bonds. The molecule has 0 saturated heterocycles. The number of rotatable bonds is 4. The molecule has 8 heavy (non-hydrogen) atoms. The molecule has 0 heterocycles. The minimum atomic E-state index is -3.59. The van der Waals surface area contributed by atoms with Crippen LogP contribution < -0.4 is 0 Å². The summed E-state index contributed by atoms with van der Waals surface area (Å²) in [5.41, 5.74) is 0. The van der Waals surface area contributed by atoms with Crippen LogP contribution in [0.3, 0.4) is 0 Å². The molecule has 0 nitrogen and oxygen atoms in total. The van der Waals surface area contributed by atoms with Crippen molar-refractivity contribution in [3.05, 3.63) is 0 Å². The Morgan fingerprint density at radius 2 is 1.88 bits per heavy atom. The van der Waals surface area contributed by atoms with E-state index >= 15 is 0 Å². The van der Waals surface area contributed by atoms with Crippen LogP contribution in [0.2, 0.25) is 4.98 Å². The molecule has 0 unspecified atom stereocenters. The summed E-state index contributed by atoms with van der Waals surface area (Å²) < 4.78 is 23.1. The van der Waals surface area contributed by atoms with Gasteiger partial charge in [-0.15, -0.1) is 0 Å². The van der Waals surface area contributed by atoms with Crippen molar-refractivity contribution in [3.63, 3.8) is 0 Å². The molecule has 0 bridgehead atoms. The van der Waals surface area contributed by atoms with Gasteiger partial charge in [-0.25, -0.2) is 0 Å². The predicted octanol–water partition coefficient (Wildman–Crippen LogP) is 2.60. The van der Waals surface area contributed by atoms with Gasteiger partial charge in [-0.05, 0) is 0 Å². The maximum atomic E-state index is 11.5. The quantitative estimate of drug-likeness (QED) is 0.459. The molecule has 0 aliphatic carbocycles. The first kappa shape index (κ1) is 8.50.